The highest BCUT2D eigenvalue weighted by atomic mass is 35.5. The Hall–Kier alpha value is -1.26. The molecule has 0 amide bonds. The van der Waals surface area contributed by atoms with E-state index in [4.69, 9.17) is 26.2 Å². The molecule has 0 atom stereocenters. The predicted molar refractivity (Wildman–Crippen MR) is 48.7 cm³/mol. The summed E-state index contributed by atoms with van der Waals surface area (Å²) in [4.78, 5) is 10.9. The average Bonchev–Trinajstić information content (AvgIpc) is 2.17. The van der Waals surface area contributed by atoms with E-state index in [0.29, 0.717) is 11.3 Å². The minimum Gasteiger partial charge on any atom is -0.478 e. The summed E-state index contributed by atoms with van der Waals surface area (Å²) in [7, 11) is 0. The number of carbonyl (C=O) groups is 1. The second-order valence-electron chi connectivity index (χ2n) is 2.81. The fraction of sp³-hybridized carbons (Fsp3) is 0.222. The molecule has 2 rings (SSSR count). The topological polar surface area (TPSA) is 55.8 Å². The molecule has 4 nitrogen and oxygen atoms in total. The Balaban J connectivity index is 2.60. The highest BCUT2D eigenvalue weighted by molar-refractivity contribution is 6.33. The summed E-state index contributed by atoms with van der Waals surface area (Å²) >= 11 is 5.76. The molecule has 0 bridgehead atoms. The van der Waals surface area contributed by atoms with E-state index in [1.54, 1.807) is 6.07 Å². The minimum absolute atomic E-state index is 0.0591. The van der Waals surface area contributed by atoms with Crippen molar-refractivity contribution in [3.8, 4) is 5.75 Å². The van der Waals surface area contributed by atoms with Crippen molar-refractivity contribution in [3.63, 3.8) is 0 Å². The number of carboxylic acids is 1. The van der Waals surface area contributed by atoms with Crippen molar-refractivity contribution >= 4 is 17.6 Å². The molecule has 0 spiro atoms. The molecule has 74 valence electrons. The first kappa shape index (κ1) is 9.30. The highest BCUT2D eigenvalue weighted by Gasteiger charge is 2.21. The third kappa shape index (κ3) is 1.42. The zero-order valence-electron chi connectivity index (χ0n) is 7.12. The van der Waals surface area contributed by atoms with Crippen molar-refractivity contribution in [3.05, 3.63) is 28.3 Å². The maximum atomic E-state index is 10.9. The van der Waals surface area contributed by atoms with Gasteiger partial charge in [-0.1, -0.05) is 11.6 Å². The SMILES string of the molecule is O=C(O)c1c(Cl)ccc2c1COCO2. The van der Waals surface area contributed by atoms with Gasteiger partial charge in [0, 0.05) is 5.56 Å². The van der Waals surface area contributed by atoms with Crippen molar-refractivity contribution in [1.82, 2.24) is 0 Å². The van der Waals surface area contributed by atoms with Gasteiger partial charge in [-0.05, 0) is 12.1 Å². The van der Waals surface area contributed by atoms with Crippen molar-refractivity contribution in [2.45, 2.75) is 6.61 Å². The van der Waals surface area contributed by atoms with Gasteiger partial charge in [0.15, 0.2) is 6.79 Å². The van der Waals surface area contributed by atoms with Gasteiger partial charge in [0.1, 0.15) is 5.75 Å². The molecular weight excluding hydrogens is 208 g/mol. The average molecular weight is 215 g/mol. The van der Waals surface area contributed by atoms with Crippen LogP contribution in [-0.2, 0) is 11.3 Å². The number of fused-ring (bicyclic) bond motifs is 1. The lowest BCUT2D eigenvalue weighted by Crippen LogP contribution is -2.15. The van der Waals surface area contributed by atoms with Gasteiger partial charge in [-0.2, -0.15) is 0 Å². The van der Waals surface area contributed by atoms with Gasteiger partial charge in [-0.3, -0.25) is 0 Å². The zero-order chi connectivity index (χ0) is 10.1. The summed E-state index contributed by atoms with van der Waals surface area (Å²) in [5.74, 6) is -0.543. The Kier molecular flexibility index (Phi) is 2.31. The van der Waals surface area contributed by atoms with Crippen LogP contribution in [0.25, 0.3) is 0 Å². The molecule has 0 aromatic heterocycles. The lowest BCUT2D eigenvalue weighted by atomic mass is 10.1. The smallest absolute Gasteiger partial charge is 0.337 e. The first-order chi connectivity index (χ1) is 6.70. The van der Waals surface area contributed by atoms with Crippen LogP contribution >= 0.6 is 11.6 Å². The van der Waals surface area contributed by atoms with Crippen molar-refractivity contribution in [2.75, 3.05) is 6.79 Å². The lowest BCUT2D eigenvalue weighted by molar-refractivity contribution is -0.0170. The third-order valence-corrected chi connectivity index (χ3v) is 2.29. The summed E-state index contributed by atoms with van der Waals surface area (Å²) in [5.41, 5.74) is 0.556. The van der Waals surface area contributed by atoms with Crippen LogP contribution in [0.15, 0.2) is 12.1 Å². The Labute approximate surface area is 85.0 Å². The summed E-state index contributed by atoms with van der Waals surface area (Å²) < 4.78 is 10.1. The number of hydrogen-bond donors (Lipinski definition) is 1. The van der Waals surface area contributed by atoms with Crippen LogP contribution in [0.4, 0.5) is 0 Å². The maximum absolute atomic E-state index is 10.9. The van der Waals surface area contributed by atoms with Gasteiger partial charge in [-0.25, -0.2) is 4.79 Å². The molecule has 1 N–H and O–H groups in total. The first-order valence-electron chi connectivity index (χ1n) is 3.95. The molecule has 0 unspecified atom stereocenters. The fourth-order valence-electron chi connectivity index (χ4n) is 1.36. The molecule has 14 heavy (non-hydrogen) atoms. The lowest BCUT2D eigenvalue weighted by Gasteiger charge is -2.19. The van der Waals surface area contributed by atoms with Gasteiger partial charge in [0.25, 0.3) is 0 Å². The molecule has 0 aliphatic carbocycles. The van der Waals surface area contributed by atoms with Gasteiger partial charge in [0.05, 0.1) is 17.2 Å². The summed E-state index contributed by atoms with van der Waals surface area (Å²) in [6.45, 7) is 0.366. The van der Waals surface area contributed by atoms with Crippen LogP contribution < -0.4 is 4.74 Å². The minimum atomic E-state index is -1.07. The molecule has 0 saturated carbocycles. The molecular formula is C9H7ClO4. The molecule has 1 aromatic carbocycles. The summed E-state index contributed by atoms with van der Waals surface area (Å²) in [6.07, 6.45) is 0. The van der Waals surface area contributed by atoms with Crippen LogP contribution in [0.1, 0.15) is 15.9 Å². The van der Waals surface area contributed by atoms with E-state index in [1.807, 2.05) is 0 Å². The molecule has 1 heterocycles. The van der Waals surface area contributed by atoms with Gasteiger partial charge >= 0.3 is 5.97 Å². The molecule has 0 radical (unpaired) electrons. The number of ether oxygens (including phenoxy) is 2. The Morgan fingerprint density at radius 1 is 1.50 bits per heavy atom. The van der Waals surface area contributed by atoms with Crippen LogP contribution in [-0.4, -0.2) is 17.9 Å². The number of halogens is 1. The van der Waals surface area contributed by atoms with Crippen LogP contribution in [0.2, 0.25) is 5.02 Å². The highest BCUT2D eigenvalue weighted by Crippen LogP contribution is 2.31. The molecule has 0 fully saturated rings. The molecule has 0 saturated heterocycles. The van der Waals surface area contributed by atoms with Gasteiger partial charge in [0.2, 0.25) is 0 Å². The first-order valence-corrected chi connectivity index (χ1v) is 4.33. The second-order valence-corrected chi connectivity index (χ2v) is 3.22. The second kappa shape index (κ2) is 3.48. The van der Waals surface area contributed by atoms with Crippen molar-refractivity contribution < 1.29 is 19.4 Å². The van der Waals surface area contributed by atoms with E-state index in [2.05, 4.69) is 0 Å². The normalized spacial score (nSPS) is 14.4. The number of rotatable bonds is 1. The quantitative estimate of drug-likeness (QED) is 0.776. The third-order valence-electron chi connectivity index (χ3n) is 1.98. The zero-order valence-corrected chi connectivity index (χ0v) is 7.87. The van der Waals surface area contributed by atoms with Crippen molar-refractivity contribution in [2.24, 2.45) is 0 Å². The summed E-state index contributed by atoms with van der Waals surface area (Å²) in [6, 6.07) is 3.15. The van der Waals surface area contributed by atoms with E-state index in [0.717, 1.165) is 0 Å². The summed E-state index contributed by atoms with van der Waals surface area (Å²) in [5, 5.41) is 9.13. The molecule has 5 heteroatoms. The molecule has 1 aliphatic rings. The number of benzene rings is 1. The standard InChI is InChI=1S/C9H7ClO4/c10-6-1-2-7-5(3-13-4-14-7)8(6)9(11)12/h1-2H,3-4H2,(H,11,12). The van der Waals surface area contributed by atoms with E-state index in [1.165, 1.54) is 6.07 Å². The number of carboxylic acid groups (broad SMARTS) is 1. The Morgan fingerprint density at radius 2 is 2.29 bits per heavy atom. The Bertz CT molecular complexity index is 389. The van der Waals surface area contributed by atoms with Gasteiger partial charge < -0.3 is 14.6 Å². The molecule has 1 aromatic rings. The Morgan fingerprint density at radius 3 is 3.00 bits per heavy atom. The molecule has 1 aliphatic heterocycles. The number of aromatic carboxylic acids is 1. The van der Waals surface area contributed by atoms with Crippen LogP contribution in [0, 0.1) is 0 Å². The van der Waals surface area contributed by atoms with E-state index < -0.39 is 5.97 Å². The van der Waals surface area contributed by atoms with E-state index in [9.17, 15) is 4.79 Å². The van der Waals surface area contributed by atoms with Crippen LogP contribution in [0.3, 0.4) is 0 Å². The van der Waals surface area contributed by atoms with Crippen LogP contribution in [0.5, 0.6) is 5.75 Å². The fourth-order valence-corrected chi connectivity index (χ4v) is 1.62. The largest absolute Gasteiger partial charge is 0.478 e. The van der Waals surface area contributed by atoms with E-state index in [-0.39, 0.29) is 24.0 Å². The number of hydrogen-bond acceptors (Lipinski definition) is 3. The van der Waals surface area contributed by atoms with Gasteiger partial charge in [-0.15, -0.1) is 0 Å². The maximum Gasteiger partial charge on any atom is 0.337 e. The monoisotopic (exact) mass is 214 g/mol. The van der Waals surface area contributed by atoms with Crippen molar-refractivity contribution in [1.29, 1.82) is 0 Å². The predicted octanol–water partition coefficient (Wildman–Crippen LogP) is 1.90. The van der Waals surface area contributed by atoms with E-state index >= 15 is 0 Å².